The molecule has 0 bridgehead atoms. The first-order chi connectivity index (χ1) is 14.5. The Bertz CT molecular complexity index is 1300. The summed E-state index contributed by atoms with van der Waals surface area (Å²) in [5.74, 6) is 0.674. The Morgan fingerprint density at radius 2 is 1.83 bits per heavy atom. The molecule has 6 nitrogen and oxygen atoms in total. The average Bonchev–Trinajstić information content (AvgIpc) is 3.21. The van der Waals surface area contributed by atoms with Crippen LogP contribution in [0.25, 0.3) is 11.4 Å². The molecule has 0 radical (unpaired) electrons. The van der Waals surface area contributed by atoms with Crippen LogP contribution in [0, 0.1) is 25.5 Å². The lowest BCUT2D eigenvalue weighted by atomic mass is 10.1. The number of hydrogen-bond donors (Lipinski definition) is 1. The minimum Gasteiger partial charge on any atom is -0.264 e. The van der Waals surface area contributed by atoms with Crippen molar-refractivity contribution in [2.24, 2.45) is 5.10 Å². The van der Waals surface area contributed by atoms with E-state index in [9.17, 15) is 0 Å². The summed E-state index contributed by atoms with van der Waals surface area (Å²) in [6, 6.07) is 15.8. The van der Waals surface area contributed by atoms with Gasteiger partial charge in [-0.05, 0) is 50.2 Å². The number of halogens is 1. The van der Waals surface area contributed by atoms with Crippen LogP contribution in [0.2, 0.25) is 5.02 Å². The van der Waals surface area contributed by atoms with Crippen LogP contribution in [0.1, 0.15) is 28.1 Å². The number of aromatic nitrogens is 5. The second-order valence-electron chi connectivity index (χ2n) is 7.06. The zero-order valence-electron chi connectivity index (χ0n) is 16.9. The molecule has 0 aliphatic rings. The van der Waals surface area contributed by atoms with E-state index in [0.29, 0.717) is 17.1 Å². The molecule has 4 aromatic rings. The van der Waals surface area contributed by atoms with Crippen molar-refractivity contribution in [2.75, 3.05) is 0 Å². The second kappa shape index (κ2) is 8.38. The Morgan fingerprint density at radius 1 is 1.10 bits per heavy atom. The van der Waals surface area contributed by atoms with Gasteiger partial charge in [0.15, 0.2) is 5.82 Å². The lowest BCUT2D eigenvalue weighted by molar-refractivity contribution is 0.659. The summed E-state index contributed by atoms with van der Waals surface area (Å²) < 4.78 is 4.01. The van der Waals surface area contributed by atoms with Crippen LogP contribution < -0.4 is 0 Å². The van der Waals surface area contributed by atoms with Crippen molar-refractivity contribution in [3.05, 3.63) is 86.4 Å². The van der Waals surface area contributed by atoms with Gasteiger partial charge in [0.2, 0.25) is 4.77 Å². The third-order valence-corrected chi connectivity index (χ3v) is 5.69. The Hall–Kier alpha value is -3.03. The average molecular weight is 437 g/mol. The molecule has 0 amide bonds. The Kier molecular flexibility index (Phi) is 5.65. The maximum absolute atomic E-state index is 6.31. The summed E-state index contributed by atoms with van der Waals surface area (Å²) in [5.41, 5.74) is 5.93. The van der Waals surface area contributed by atoms with Gasteiger partial charge in [0, 0.05) is 21.8 Å². The second-order valence-corrected chi connectivity index (χ2v) is 7.85. The summed E-state index contributed by atoms with van der Waals surface area (Å²) >= 11 is 11.7. The number of H-pyrrole nitrogens is 1. The highest BCUT2D eigenvalue weighted by Crippen LogP contribution is 2.22. The van der Waals surface area contributed by atoms with Gasteiger partial charge < -0.3 is 0 Å². The van der Waals surface area contributed by atoms with E-state index in [-0.39, 0.29) is 0 Å². The summed E-state index contributed by atoms with van der Waals surface area (Å²) in [7, 11) is 0. The fraction of sp³-hybridized carbons (Fsp3) is 0.182. The van der Waals surface area contributed by atoms with Crippen molar-refractivity contribution in [2.45, 2.75) is 27.3 Å². The van der Waals surface area contributed by atoms with E-state index in [1.54, 1.807) is 10.9 Å². The zero-order chi connectivity index (χ0) is 21.3. The quantitative estimate of drug-likeness (QED) is 0.340. The minimum absolute atomic E-state index is 0.434. The summed E-state index contributed by atoms with van der Waals surface area (Å²) in [6.07, 6.45) is 1.79. The van der Waals surface area contributed by atoms with Crippen molar-refractivity contribution >= 4 is 30.0 Å². The summed E-state index contributed by atoms with van der Waals surface area (Å²) in [4.78, 5) is 0. The van der Waals surface area contributed by atoms with Crippen LogP contribution >= 0.6 is 23.8 Å². The molecule has 0 saturated heterocycles. The minimum atomic E-state index is 0.434. The van der Waals surface area contributed by atoms with E-state index in [0.717, 1.165) is 38.7 Å². The highest BCUT2D eigenvalue weighted by molar-refractivity contribution is 7.71. The number of aromatic amines is 1. The topological polar surface area (TPSA) is 63.8 Å². The predicted molar refractivity (Wildman–Crippen MR) is 123 cm³/mol. The molecule has 30 heavy (non-hydrogen) atoms. The van der Waals surface area contributed by atoms with E-state index >= 15 is 0 Å². The number of nitrogens with one attached hydrogen (secondary N) is 1. The van der Waals surface area contributed by atoms with Crippen LogP contribution in [0.3, 0.4) is 0 Å². The Balaban J connectivity index is 1.69. The number of nitrogens with zero attached hydrogens (tertiary/aromatic N) is 5. The van der Waals surface area contributed by atoms with Gasteiger partial charge in [0.25, 0.3) is 0 Å². The lowest BCUT2D eigenvalue weighted by Gasteiger charge is -2.07. The van der Waals surface area contributed by atoms with Crippen molar-refractivity contribution in [1.29, 1.82) is 0 Å². The molecule has 4 rings (SSSR count). The molecule has 0 saturated carbocycles. The van der Waals surface area contributed by atoms with Crippen molar-refractivity contribution < 1.29 is 0 Å². The first kappa shape index (κ1) is 20.3. The lowest BCUT2D eigenvalue weighted by Crippen LogP contribution is -2.05. The van der Waals surface area contributed by atoms with Crippen molar-refractivity contribution in [3.63, 3.8) is 0 Å². The molecule has 0 fully saturated rings. The van der Waals surface area contributed by atoms with Gasteiger partial charge in [-0.3, -0.25) is 4.68 Å². The largest absolute Gasteiger partial charge is 0.264 e. The molecule has 152 valence electrons. The van der Waals surface area contributed by atoms with E-state index in [1.165, 1.54) is 0 Å². The maximum atomic E-state index is 6.31. The molecule has 0 spiro atoms. The van der Waals surface area contributed by atoms with E-state index < -0.39 is 0 Å². The third kappa shape index (κ3) is 3.86. The highest BCUT2D eigenvalue weighted by Gasteiger charge is 2.13. The molecule has 0 aliphatic heterocycles. The molecular weight excluding hydrogens is 416 g/mol. The van der Waals surface area contributed by atoms with Gasteiger partial charge in [-0.15, -0.1) is 0 Å². The molecule has 2 aromatic heterocycles. The van der Waals surface area contributed by atoms with Gasteiger partial charge in [-0.25, -0.2) is 5.10 Å². The highest BCUT2D eigenvalue weighted by atomic mass is 35.5. The van der Waals surface area contributed by atoms with Gasteiger partial charge in [-0.2, -0.15) is 20.0 Å². The fourth-order valence-corrected chi connectivity index (χ4v) is 3.73. The van der Waals surface area contributed by atoms with Gasteiger partial charge >= 0.3 is 0 Å². The molecule has 0 atom stereocenters. The summed E-state index contributed by atoms with van der Waals surface area (Å²) in [6.45, 7) is 6.62. The SMILES string of the molecule is Cc1ccccc1-c1n[nH]c(=S)n1/N=C/c1c(C)nn(Cc2ccccc2Cl)c1C. The third-order valence-electron chi connectivity index (χ3n) is 5.05. The monoisotopic (exact) mass is 436 g/mol. The first-order valence-corrected chi connectivity index (χ1v) is 10.3. The fourth-order valence-electron chi connectivity index (χ4n) is 3.35. The van der Waals surface area contributed by atoms with Crippen LogP contribution in [-0.2, 0) is 6.54 Å². The molecule has 0 unspecified atom stereocenters. The number of aryl methyl sites for hydroxylation is 2. The van der Waals surface area contributed by atoms with Crippen molar-refractivity contribution in [3.8, 4) is 11.4 Å². The number of rotatable bonds is 5. The van der Waals surface area contributed by atoms with Gasteiger partial charge in [0.05, 0.1) is 18.5 Å². The summed E-state index contributed by atoms with van der Waals surface area (Å²) in [5, 5.41) is 17.2. The van der Waals surface area contributed by atoms with Crippen molar-refractivity contribution in [1.82, 2.24) is 24.7 Å². The Labute approximate surface area is 184 Å². The van der Waals surface area contributed by atoms with E-state index in [2.05, 4.69) is 20.4 Å². The zero-order valence-corrected chi connectivity index (χ0v) is 18.5. The van der Waals surface area contributed by atoms with Crippen LogP contribution in [0.15, 0.2) is 53.6 Å². The molecule has 1 N–H and O–H groups in total. The molecule has 0 aliphatic carbocycles. The first-order valence-electron chi connectivity index (χ1n) is 9.51. The van der Waals surface area contributed by atoms with Crippen LogP contribution in [-0.4, -0.2) is 30.9 Å². The smallest absolute Gasteiger partial charge is 0.216 e. The predicted octanol–water partition coefficient (Wildman–Crippen LogP) is 5.31. The molecule has 2 heterocycles. The Morgan fingerprint density at radius 3 is 2.60 bits per heavy atom. The normalized spacial score (nSPS) is 11.5. The number of benzene rings is 2. The molecule has 2 aromatic carbocycles. The van der Waals surface area contributed by atoms with Gasteiger partial charge in [0.1, 0.15) is 0 Å². The molecule has 8 heteroatoms. The van der Waals surface area contributed by atoms with E-state index in [1.807, 2.05) is 74.0 Å². The van der Waals surface area contributed by atoms with E-state index in [4.69, 9.17) is 23.8 Å². The maximum Gasteiger partial charge on any atom is 0.216 e. The number of hydrogen-bond acceptors (Lipinski definition) is 4. The standard InChI is InChI=1S/C22H21ClN6S/c1-14-8-4-6-10-18(14)21-25-26-22(30)29(21)24-12-19-15(2)27-28(16(19)3)13-17-9-5-7-11-20(17)23/h4-12H,13H2,1-3H3,(H,26,30)/b24-12+. The molecular formula is C22H21ClN6S. The van der Waals surface area contributed by atoms with Crippen LogP contribution in [0.4, 0.5) is 0 Å². The van der Waals surface area contributed by atoms with Gasteiger partial charge in [-0.1, -0.05) is 54.1 Å². The van der Waals surface area contributed by atoms with Crippen LogP contribution in [0.5, 0.6) is 0 Å².